The third-order valence-corrected chi connectivity index (χ3v) is 4.33. The van der Waals surface area contributed by atoms with E-state index in [9.17, 15) is 4.79 Å². The van der Waals surface area contributed by atoms with Gasteiger partial charge in [0.25, 0.3) is 0 Å². The van der Waals surface area contributed by atoms with Gasteiger partial charge in [0.05, 0.1) is 12.5 Å². The maximum absolute atomic E-state index is 11.8. The van der Waals surface area contributed by atoms with E-state index in [-0.39, 0.29) is 12.0 Å². The van der Waals surface area contributed by atoms with E-state index in [1.54, 1.807) is 0 Å². The molecule has 4 nitrogen and oxygen atoms in total. The van der Waals surface area contributed by atoms with Gasteiger partial charge in [-0.2, -0.15) is 0 Å². The van der Waals surface area contributed by atoms with Crippen LogP contribution in [0.3, 0.4) is 0 Å². The van der Waals surface area contributed by atoms with E-state index in [0.29, 0.717) is 13.0 Å². The predicted molar refractivity (Wildman–Crippen MR) is 83.3 cm³/mol. The molecule has 114 valence electrons. The average Bonchev–Trinajstić information content (AvgIpc) is 3.19. The zero-order chi connectivity index (χ0) is 14.5. The van der Waals surface area contributed by atoms with Crippen molar-refractivity contribution in [3.05, 3.63) is 29.8 Å². The van der Waals surface area contributed by atoms with Gasteiger partial charge < -0.3 is 15.0 Å². The van der Waals surface area contributed by atoms with Gasteiger partial charge in [-0.05, 0) is 43.4 Å². The summed E-state index contributed by atoms with van der Waals surface area (Å²) >= 11 is 0. The summed E-state index contributed by atoms with van der Waals surface area (Å²) in [6, 6.07) is 8.54. The number of hydrogen-bond donors (Lipinski definition) is 1. The van der Waals surface area contributed by atoms with Crippen LogP contribution in [-0.4, -0.2) is 31.7 Å². The zero-order valence-electron chi connectivity index (χ0n) is 12.5. The van der Waals surface area contributed by atoms with Gasteiger partial charge in [0.2, 0.25) is 5.91 Å². The van der Waals surface area contributed by atoms with Crippen molar-refractivity contribution >= 4 is 11.6 Å². The normalized spacial score (nSPS) is 21.7. The molecule has 1 N–H and O–H groups in total. The van der Waals surface area contributed by atoms with Crippen LogP contribution in [0.4, 0.5) is 5.69 Å². The Kier molecular flexibility index (Phi) is 4.76. The molecule has 0 unspecified atom stereocenters. The number of nitrogens with one attached hydrogen (secondary N) is 1. The van der Waals surface area contributed by atoms with E-state index in [0.717, 1.165) is 38.1 Å². The monoisotopic (exact) mass is 288 g/mol. The number of amides is 1. The summed E-state index contributed by atoms with van der Waals surface area (Å²) in [6.07, 6.45) is 5.30. The summed E-state index contributed by atoms with van der Waals surface area (Å²) < 4.78 is 5.48. The number of nitrogens with zero attached hydrogens (tertiary/aromatic N) is 1. The van der Waals surface area contributed by atoms with Gasteiger partial charge in [0.1, 0.15) is 0 Å². The highest BCUT2D eigenvalue weighted by Crippen LogP contribution is 2.20. The molecule has 21 heavy (non-hydrogen) atoms. The fourth-order valence-electron chi connectivity index (χ4n) is 3.08. The molecule has 2 fully saturated rings. The molecule has 0 spiro atoms. The number of carbonyl (C=O) groups is 1. The van der Waals surface area contributed by atoms with Gasteiger partial charge in [0.15, 0.2) is 0 Å². The molecule has 1 amide bonds. The average molecular weight is 288 g/mol. The minimum atomic E-state index is 0.0884. The van der Waals surface area contributed by atoms with E-state index >= 15 is 0 Å². The Bertz CT molecular complexity index is 460. The lowest BCUT2D eigenvalue weighted by atomic mass is 10.1. The minimum Gasteiger partial charge on any atom is -0.378 e. The Balaban J connectivity index is 1.45. The lowest BCUT2D eigenvalue weighted by Gasteiger charge is -2.17. The molecule has 1 atom stereocenters. The van der Waals surface area contributed by atoms with Crippen LogP contribution in [0.25, 0.3) is 0 Å². The van der Waals surface area contributed by atoms with Crippen molar-refractivity contribution in [2.45, 2.75) is 44.8 Å². The smallest absolute Gasteiger partial charge is 0.222 e. The molecular weight excluding hydrogens is 264 g/mol. The van der Waals surface area contributed by atoms with Crippen LogP contribution < -0.4 is 10.2 Å². The third kappa shape index (κ3) is 3.97. The van der Waals surface area contributed by atoms with Gasteiger partial charge >= 0.3 is 0 Å². The summed E-state index contributed by atoms with van der Waals surface area (Å²) in [6.45, 7) is 3.73. The highest BCUT2D eigenvalue weighted by Gasteiger charge is 2.18. The second-order valence-electron chi connectivity index (χ2n) is 5.98. The summed E-state index contributed by atoms with van der Waals surface area (Å²) in [7, 11) is 0. The van der Waals surface area contributed by atoms with E-state index in [1.165, 1.54) is 18.5 Å². The number of carbonyl (C=O) groups excluding carboxylic acids is 1. The van der Waals surface area contributed by atoms with Crippen molar-refractivity contribution in [2.24, 2.45) is 0 Å². The molecule has 3 rings (SSSR count). The molecule has 0 bridgehead atoms. The zero-order valence-corrected chi connectivity index (χ0v) is 12.5. The third-order valence-electron chi connectivity index (χ3n) is 4.33. The summed E-state index contributed by atoms with van der Waals surface area (Å²) in [5.41, 5.74) is 2.44. The van der Waals surface area contributed by atoms with Gasteiger partial charge in [-0.15, -0.1) is 0 Å². The Morgan fingerprint density at radius 1 is 1.19 bits per heavy atom. The minimum absolute atomic E-state index is 0.0884. The van der Waals surface area contributed by atoms with Gasteiger partial charge in [-0.3, -0.25) is 4.79 Å². The molecule has 0 aliphatic carbocycles. The van der Waals surface area contributed by atoms with Crippen molar-refractivity contribution in [1.82, 2.24) is 5.32 Å². The summed E-state index contributed by atoms with van der Waals surface area (Å²) in [5, 5.41) is 2.98. The van der Waals surface area contributed by atoms with Crippen LogP contribution in [0.15, 0.2) is 24.3 Å². The topological polar surface area (TPSA) is 41.6 Å². The molecule has 2 heterocycles. The Morgan fingerprint density at radius 3 is 2.62 bits per heavy atom. The van der Waals surface area contributed by atoms with E-state index in [1.807, 2.05) is 0 Å². The molecule has 0 radical (unpaired) electrons. The number of hydrogen-bond acceptors (Lipinski definition) is 3. The lowest BCUT2D eigenvalue weighted by molar-refractivity contribution is -0.123. The SMILES string of the molecule is O=C(C[C@H]1CCCO1)NCc1ccc(N2CCCC2)cc1. The van der Waals surface area contributed by atoms with Gasteiger partial charge in [-0.1, -0.05) is 12.1 Å². The molecule has 0 aromatic heterocycles. The van der Waals surface area contributed by atoms with E-state index in [2.05, 4.69) is 34.5 Å². The highest BCUT2D eigenvalue weighted by molar-refractivity contribution is 5.76. The van der Waals surface area contributed by atoms with Crippen LogP contribution in [-0.2, 0) is 16.1 Å². The van der Waals surface area contributed by atoms with Crippen molar-refractivity contribution < 1.29 is 9.53 Å². The molecule has 1 aromatic carbocycles. The van der Waals surface area contributed by atoms with Crippen LogP contribution in [0.5, 0.6) is 0 Å². The molecule has 2 saturated heterocycles. The molecule has 0 saturated carbocycles. The van der Waals surface area contributed by atoms with Crippen molar-refractivity contribution in [3.8, 4) is 0 Å². The molecule has 2 aliphatic rings. The number of benzene rings is 1. The standard InChI is InChI=1S/C17H24N2O2/c20-17(12-16-4-3-11-21-16)18-13-14-5-7-15(8-6-14)19-9-1-2-10-19/h5-8,16H,1-4,9-13H2,(H,18,20)/t16-/m1/s1. The summed E-state index contributed by atoms with van der Waals surface area (Å²) in [4.78, 5) is 14.3. The number of rotatable bonds is 5. The predicted octanol–water partition coefficient (Wildman–Crippen LogP) is 2.47. The quantitative estimate of drug-likeness (QED) is 0.905. The Hall–Kier alpha value is -1.55. The maximum atomic E-state index is 11.8. The Morgan fingerprint density at radius 2 is 1.95 bits per heavy atom. The molecule has 4 heteroatoms. The first-order valence-corrected chi connectivity index (χ1v) is 8.03. The molecule has 2 aliphatic heterocycles. The first kappa shape index (κ1) is 14.4. The second kappa shape index (κ2) is 6.94. The van der Waals surface area contributed by atoms with E-state index in [4.69, 9.17) is 4.74 Å². The van der Waals surface area contributed by atoms with Crippen molar-refractivity contribution in [1.29, 1.82) is 0 Å². The highest BCUT2D eigenvalue weighted by atomic mass is 16.5. The lowest BCUT2D eigenvalue weighted by Crippen LogP contribution is -2.26. The van der Waals surface area contributed by atoms with Gasteiger partial charge in [0, 0.05) is 31.9 Å². The van der Waals surface area contributed by atoms with Crippen LogP contribution in [0.1, 0.15) is 37.7 Å². The fraction of sp³-hybridized carbons (Fsp3) is 0.588. The number of anilines is 1. The number of ether oxygens (including phenoxy) is 1. The maximum Gasteiger partial charge on any atom is 0.222 e. The first-order valence-electron chi connectivity index (χ1n) is 8.03. The van der Waals surface area contributed by atoms with Crippen molar-refractivity contribution in [3.63, 3.8) is 0 Å². The van der Waals surface area contributed by atoms with Crippen LogP contribution in [0.2, 0.25) is 0 Å². The van der Waals surface area contributed by atoms with Crippen molar-refractivity contribution in [2.75, 3.05) is 24.6 Å². The van der Waals surface area contributed by atoms with Crippen LogP contribution >= 0.6 is 0 Å². The molecule has 1 aromatic rings. The van der Waals surface area contributed by atoms with Crippen LogP contribution in [0, 0.1) is 0 Å². The first-order chi connectivity index (χ1) is 10.3. The fourth-order valence-corrected chi connectivity index (χ4v) is 3.08. The second-order valence-corrected chi connectivity index (χ2v) is 5.98. The largest absolute Gasteiger partial charge is 0.378 e. The molecular formula is C17H24N2O2. The van der Waals surface area contributed by atoms with Gasteiger partial charge in [-0.25, -0.2) is 0 Å². The Labute approximate surface area is 126 Å². The van der Waals surface area contributed by atoms with E-state index < -0.39 is 0 Å². The summed E-state index contributed by atoms with van der Waals surface area (Å²) in [5.74, 6) is 0.0884.